The van der Waals surface area contributed by atoms with Gasteiger partial charge >= 0.3 is 0 Å². The van der Waals surface area contributed by atoms with Gasteiger partial charge in [-0.3, -0.25) is 4.57 Å². The second-order valence-electron chi connectivity index (χ2n) is 3.72. The minimum atomic E-state index is -1.13. The van der Waals surface area contributed by atoms with E-state index >= 15 is 0 Å². The van der Waals surface area contributed by atoms with E-state index in [-0.39, 0.29) is 5.75 Å². The molecule has 2 aromatic rings. The van der Waals surface area contributed by atoms with Gasteiger partial charge in [0.25, 0.3) is 0 Å². The van der Waals surface area contributed by atoms with Gasteiger partial charge in [0.05, 0.1) is 13.1 Å². The Morgan fingerprint density at radius 2 is 2.05 bits per heavy atom. The number of carbonyl (C=O) groups is 1. The fourth-order valence-corrected chi connectivity index (χ4v) is 2.30. The van der Waals surface area contributed by atoms with Crippen LogP contribution in [0.2, 0.25) is 0 Å². The Hall–Kier alpha value is -2.02. The Morgan fingerprint density at radius 3 is 2.63 bits per heavy atom. The molecule has 1 aromatic carbocycles. The molecule has 1 heterocycles. The molecule has 0 amide bonds. The van der Waals surface area contributed by atoms with Gasteiger partial charge in [-0.25, -0.2) is 0 Å². The number of methoxy groups -OCH3 is 1. The van der Waals surface area contributed by atoms with Crippen LogP contribution >= 0.6 is 11.8 Å². The quantitative estimate of drug-likeness (QED) is 0.738. The number of ether oxygens (including phenoxy) is 1. The number of carboxylic acids is 1. The molecule has 0 unspecified atom stereocenters. The number of hydrogen-bond acceptors (Lipinski definition) is 6. The number of hydrogen-bond donors (Lipinski definition) is 0. The van der Waals surface area contributed by atoms with Crippen molar-refractivity contribution >= 4 is 17.7 Å². The summed E-state index contributed by atoms with van der Waals surface area (Å²) in [7, 11) is 1.60. The first-order valence-corrected chi connectivity index (χ1v) is 6.49. The summed E-state index contributed by atoms with van der Waals surface area (Å²) >= 11 is 1.08. The molecular weight excluding hydrogens is 266 g/mol. The lowest BCUT2D eigenvalue weighted by molar-refractivity contribution is -0.301. The summed E-state index contributed by atoms with van der Waals surface area (Å²) in [5, 5.41) is 18.9. The van der Waals surface area contributed by atoms with Gasteiger partial charge in [0.1, 0.15) is 11.6 Å². The normalized spacial score (nSPS) is 10.4. The SMILES string of the molecule is COc1ccc(-n2c(C)nnc2SCC(=O)[O-])cc1. The van der Waals surface area contributed by atoms with Crippen LogP contribution in [0, 0.1) is 6.92 Å². The smallest absolute Gasteiger partial charge is 0.196 e. The molecule has 0 saturated heterocycles. The zero-order valence-electron chi connectivity index (χ0n) is 10.5. The molecule has 0 atom stereocenters. The molecule has 0 aliphatic carbocycles. The summed E-state index contributed by atoms with van der Waals surface area (Å²) in [5.74, 6) is 0.144. The summed E-state index contributed by atoms with van der Waals surface area (Å²) in [6.45, 7) is 1.81. The molecule has 1 aromatic heterocycles. The molecule has 0 N–H and O–H groups in total. The molecular formula is C12H12N3O3S-. The zero-order chi connectivity index (χ0) is 13.8. The van der Waals surface area contributed by atoms with Crippen LogP contribution in [0.4, 0.5) is 0 Å². The van der Waals surface area contributed by atoms with Crippen LogP contribution in [0.15, 0.2) is 29.4 Å². The number of aliphatic carboxylic acids is 1. The molecule has 0 bridgehead atoms. The van der Waals surface area contributed by atoms with Crippen molar-refractivity contribution in [2.45, 2.75) is 12.1 Å². The maximum atomic E-state index is 10.5. The fraction of sp³-hybridized carbons (Fsp3) is 0.250. The van der Waals surface area contributed by atoms with Crippen LogP contribution < -0.4 is 9.84 Å². The maximum absolute atomic E-state index is 10.5. The largest absolute Gasteiger partial charge is 0.549 e. The minimum absolute atomic E-state index is 0.158. The van der Waals surface area contributed by atoms with Crippen molar-refractivity contribution in [1.29, 1.82) is 0 Å². The van der Waals surface area contributed by atoms with Gasteiger partial charge in [-0.2, -0.15) is 0 Å². The molecule has 0 radical (unpaired) electrons. The summed E-state index contributed by atoms with van der Waals surface area (Å²) in [6.07, 6.45) is 0. The highest BCUT2D eigenvalue weighted by Gasteiger charge is 2.11. The van der Waals surface area contributed by atoms with E-state index in [9.17, 15) is 9.90 Å². The molecule has 100 valence electrons. The Labute approximate surface area is 114 Å². The second kappa shape index (κ2) is 5.75. The maximum Gasteiger partial charge on any atom is 0.196 e. The van der Waals surface area contributed by atoms with Gasteiger partial charge in [-0.1, -0.05) is 11.8 Å². The predicted molar refractivity (Wildman–Crippen MR) is 68.4 cm³/mol. The van der Waals surface area contributed by atoms with Crippen LogP contribution in [-0.4, -0.2) is 33.6 Å². The number of nitrogens with zero attached hydrogens (tertiary/aromatic N) is 3. The lowest BCUT2D eigenvalue weighted by Gasteiger charge is -2.09. The third-order valence-corrected chi connectivity index (χ3v) is 3.35. The fourth-order valence-electron chi connectivity index (χ4n) is 1.59. The highest BCUT2D eigenvalue weighted by molar-refractivity contribution is 7.99. The van der Waals surface area contributed by atoms with Gasteiger partial charge in [-0.15, -0.1) is 10.2 Å². The van der Waals surface area contributed by atoms with Crippen LogP contribution in [0.1, 0.15) is 5.82 Å². The Morgan fingerprint density at radius 1 is 1.37 bits per heavy atom. The minimum Gasteiger partial charge on any atom is -0.549 e. The summed E-state index contributed by atoms with van der Waals surface area (Å²) in [6, 6.07) is 7.36. The highest BCUT2D eigenvalue weighted by Crippen LogP contribution is 2.23. The lowest BCUT2D eigenvalue weighted by Crippen LogP contribution is -2.24. The molecule has 0 fully saturated rings. The van der Waals surface area contributed by atoms with Crippen molar-refractivity contribution in [3.8, 4) is 11.4 Å². The van der Waals surface area contributed by atoms with E-state index in [0.717, 1.165) is 23.2 Å². The molecule has 7 heteroatoms. The molecule has 0 spiro atoms. The number of carbonyl (C=O) groups excluding carboxylic acids is 1. The van der Waals surface area contributed by atoms with E-state index < -0.39 is 5.97 Å². The summed E-state index contributed by atoms with van der Waals surface area (Å²) < 4.78 is 6.88. The van der Waals surface area contributed by atoms with Crippen molar-refractivity contribution in [2.24, 2.45) is 0 Å². The Bertz CT molecular complexity index is 580. The van der Waals surface area contributed by atoms with Gasteiger partial charge < -0.3 is 14.6 Å². The number of thioether (sulfide) groups is 1. The summed E-state index contributed by atoms with van der Waals surface area (Å²) in [4.78, 5) is 10.5. The van der Waals surface area contributed by atoms with Crippen LogP contribution in [0.5, 0.6) is 5.75 Å². The predicted octanol–water partition coefficient (Wildman–Crippen LogP) is 0.426. The van der Waals surface area contributed by atoms with E-state index in [2.05, 4.69) is 10.2 Å². The van der Waals surface area contributed by atoms with Crippen molar-refractivity contribution in [3.05, 3.63) is 30.1 Å². The van der Waals surface area contributed by atoms with Gasteiger partial charge in [0.15, 0.2) is 5.16 Å². The third-order valence-electron chi connectivity index (χ3n) is 2.44. The van der Waals surface area contributed by atoms with Gasteiger partial charge in [-0.05, 0) is 31.2 Å². The van der Waals surface area contributed by atoms with Gasteiger partial charge in [0, 0.05) is 11.4 Å². The van der Waals surface area contributed by atoms with E-state index in [1.807, 2.05) is 24.3 Å². The number of carboxylic acid groups (broad SMARTS) is 1. The molecule has 2 rings (SSSR count). The van der Waals surface area contributed by atoms with E-state index in [1.54, 1.807) is 18.6 Å². The number of aromatic nitrogens is 3. The van der Waals surface area contributed by atoms with Crippen LogP contribution in [0.25, 0.3) is 5.69 Å². The lowest BCUT2D eigenvalue weighted by atomic mass is 10.3. The molecule has 19 heavy (non-hydrogen) atoms. The first kappa shape index (κ1) is 13.4. The standard InChI is InChI=1S/C12H13N3O3S/c1-8-13-14-12(19-7-11(16)17)15(8)9-3-5-10(18-2)6-4-9/h3-6H,7H2,1-2H3,(H,16,17)/p-1. The Kier molecular flexibility index (Phi) is 4.06. The average Bonchev–Trinajstić information content (AvgIpc) is 2.78. The van der Waals surface area contributed by atoms with Crippen molar-refractivity contribution in [2.75, 3.05) is 12.9 Å². The third kappa shape index (κ3) is 3.05. The van der Waals surface area contributed by atoms with Gasteiger partial charge in [0.2, 0.25) is 0 Å². The second-order valence-corrected chi connectivity index (χ2v) is 4.67. The molecule has 6 nitrogen and oxygen atoms in total. The van der Waals surface area contributed by atoms with E-state index in [1.165, 1.54) is 0 Å². The Balaban J connectivity index is 2.31. The highest BCUT2D eigenvalue weighted by atomic mass is 32.2. The van der Waals surface area contributed by atoms with Crippen molar-refractivity contribution in [1.82, 2.24) is 14.8 Å². The monoisotopic (exact) mass is 278 g/mol. The topological polar surface area (TPSA) is 80.1 Å². The molecule has 0 aliphatic heterocycles. The van der Waals surface area contributed by atoms with Crippen molar-refractivity contribution in [3.63, 3.8) is 0 Å². The molecule has 0 saturated carbocycles. The van der Waals surface area contributed by atoms with Crippen LogP contribution in [-0.2, 0) is 4.79 Å². The summed E-state index contributed by atoms with van der Waals surface area (Å²) in [5.41, 5.74) is 0.851. The first-order valence-electron chi connectivity index (χ1n) is 5.51. The first-order chi connectivity index (χ1) is 9.11. The zero-order valence-corrected chi connectivity index (χ0v) is 11.3. The van der Waals surface area contributed by atoms with Crippen LogP contribution in [0.3, 0.4) is 0 Å². The number of aryl methyl sites for hydroxylation is 1. The molecule has 0 aliphatic rings. The van der Waals surface area contributed by atoms with Crippen molar-refractivity contribution < 1.29 is 14.6 Å². The van der Waals surface area contributed by atoms with E-state index in [4.69, 9.17) is 4.74 Å². The number of rotatable bonds is 5. The number of benzene rings is 1. The van der Waals surface area contributed by atoms with E-state index in [0.29, 0.717) is 11.0 Å². The average molecular weight is 278 g/mol.